The van der Waals surface area contributed by atoms with E-state index < -0.39 is 28.0 Å². The Morgan fingerprint density at radius 1 is 1.33 bits per heavy atom. The molecule has 1 unspecified atom stereocenters. The molecule has 1 aromatic rings. The van der Waals surface area contributed by atoms with E-state index in [2.05, 4.69) is 59.3 Å². The molecular formula is C26H39BrFNO3S. The maximum Gasteiger partial charge on any atom is 0.196 e. The van der Waals surface area contributed by atoms with Gasteiger partial charge in [-0.05, 0) is 89.0 Å². The summed E-state index contributed by atoms with van der Waals surface area (Å²) in [7, 11) is 0. The van der Waals surface area contributed by atoms with Gasteiger partial charge < -0.3 is 14.0 Å². The van der Waals surface area contributed by atoms with Crippen LogP contribution in [-0.4, -0.2) is 28.4 Å². The molecule has 2 aliphatic carbocycles. The molecule has 0 aliphatic heterocycles. The number of hydrogen-bond acceptors (Lipinski definition) is 4. The molecule has 1 aromatic carbocycles. The van der Waals surface area contributed by atoms with E-state index >= 15 is 0 Å². The van der Waals surface area contributed by atoms with Crippen LogP contribution >= 0.6 is 15.9 Å². The second kappa shape index (κ2) is 9.81. The van der Waals surface area contributed by atoms with Crippen LogP contribution in [0.15, 0.2) is 35.0 Å². The van der Waals surface area contributed by atoms with Gasteiger partial charge in [-0.3, -0.25) is 0 Å². The number of halogens is 2. The first-order valence-corrected chi connectivity index (χ1v) is 13.8. The zero-order valence-corrected chi connectivity index (χ0v) is 23.4. The number of nitrogens with one attached hydrogen (secondary N) is 1. The lowest BCUT2D eigenvalue weighted by atomic mass is 9.56. The summed E-state index contributed by atoms with van der Waals surface area (Å²) >= 11 is 2.28. The molecule has 4 nitrogen and oxygen atoms in total. The predicted octanol–water partition coefficient (Wildman–Crippen LogP) is 6.56. The standard InChI is InChI=1S/C26H39BrFNO3S/c1-9-31-18(4)26(29-33(30)24(6,7)8)22-12-21(27)11-10-20(22)15-25(26)13-16(2)23(17(3)14-25)32-19(5)28/h10-12,16-17,19,23,29H,4,9,13-15H2,1-3,5-8H3/t16-,17+,19?,23+,25+,26-,33-/m0/s1. The third kappa shape index (κ3) is 4.90. The molecular weight excluding hydrogens is 505 g/mol. The SMILES string of the molecule is C=C(OCC)[C@]1(N[S@@+]([O-])C(C)(C)C)c2cc(Br)ccc2C[C@@]12C[C@@H](C)[C@H](OC(C)F)[C@@H](C)C2. The molecule has 7 heteroatoms. The third-order valence-electron chi connectivity index (χ3n) is 7.23. The largest absolute Gasteiger partial charge is 0.598 e. The maximum atomic E-state index is 13.8. The molecule has 0 aromatic heterocycles. The highest BCUT2D eigenvalue weighted by molar-refractivity contribution is 9.10. The van der Waals surface area contributed by atoms with Crippen molar-refractivity contribution < 1.29 is 18.4 Å². The van der Waals surface area contributed by atoms with Crippen molar-refractivity contribution in [1.29, 1.82) is 0 Å². The average Bonchev–Trinajstić information content (AvgIpc) is 2.93. The summed E-state index contributed by atoms with van der Waals surface area (Å²) in [5.74, 6) is 0.823. The van der Waals surface area contributed by atoms with Gasteiger partial charge in [0.2, 0.25) is 0 Å². The van der Waals surface area contributed by atoms with Gasteiger partial charge in [-0.15, -0.1) is 4.72 Å². The fourth-order valence-electron chi connectivity index (χ4n) is 6.12. The Morgan fingerprint density at radius 2 is 1.94 bits per heavy atom. The molecule has 7 atom stereocenters. The Balaban J connectivity index is 2.20. The first kappa shape index (κ1) is 27.0. The summed E-state index contributed by atoms with van der Waals surface area (Å²) in [6.07, 6.45) is 0.892. The van der Waals surface area contributed by atoms with Gasteiger partial charge in [-0.1, -0.05) is 42.4 Å². The van der Waals surface area contributed by atoms with Gasteiger partial charge in [0.05, 0.1) is 12.7 Å². The number of benzene rings is 1. The summed E-state index contributed by atoms with van der Waals surface area (Å²) in [6.45, 7) is 18.4. The molecule has 1 fully saturated rings. The second-order valence-electron chi connectivity index (χ2n) is 10.9. The van der Waals surface area contributed by atoms with Crippen LogP contribution in [-0.2, 0) is 32.8 Å². The molecule has 33 heavy (non-hydrogen) atoms. The summed E-state index contributed by atoms with van der Waals surface area (Å²) < 4.78 is 43.4. The van der Waals surface area contributed by atoms with Crippen molar-refractivity contribution in [2.24, 2.45) is 17.3 Å². The van der Waals surface area contributed by atoms with Crippen LogP contribution < -0.4 is 4.72 Å². The fraction of sp³-hybridized carbons (Fsp3) is 0.692. The van der Waals surface area contributed by atoms with E-state index in [0.717, 1.165) is 29.3 Å². The van der Waals surface area contributed by atoms with Gasteiger partial charge in [0.1, 0.15) is 10.5 Å². The molecule has 1 N–H and O–H groups in total. The van der Waals surface area contributed by atoms with Crippen molar-refractivity contribution in [2.75, 3.05) is 6.61 Å². The van der Waals surface area contributed by atoms with Crippen LogP contribution in [0.4, 0.5) is 4.39 Å². The molecule has 3 rings (SSSR count). The van der Waals surface area contributed by atoms with E-state index in [4.69, 9.17) is 9.47 Å². The van der Waals surface area contributed by atoms with Crippen molar-refractivity contribution in [1.82, 2.24) is 4.72 Å². The summed E-state index contributed by atoms with van der Waals surface area (Å²) in [5.41, 5.74) is 1.09. The van der Waals surface area contributed by atoms with E-state index in [9.17, 15) is 8.94 Å². The number of rotatable bonds is 7. The first-order chi connectivity index (χ1) is 15.3. The van der Waals surface area contributed by atoms with Crippen molar-refractivity contribution in [2.45, 2.75) is 90.5 Å². The number of fused-ring (bicyclic) bond motifs is 1. The van der Waals surface area contributed by atoms with E-state index in [1.54, 1.807) is 0 Å². The maximum absolute atomic E-state index is 13.8. The monoisotopic (exact) mass is 543 g/mol. The minimum atomic E-state index is -1.37. The lowest BCUT2D eigenvalue weighted by Crippen LogP contribution is -2.62. The van der Waals surface area contributed by atoms with Gasteiger partial charge in [0, 0.05) is 21.2 Å². The van der Waals surface area contributed by atoms with Gasteiger partial charge >= 0.3 is 0 Å². The molecule has 1 spiro atoms. The number of alkyl halides is 1. The Kier molecular flexibility index (Phi) is 8.02. The van der Waals surface area contributed by atoms with Crippen molar-refractivity contribution in [3.63, 3.8) is 0 Å². The van der Waals surface area contributed by atoms with Crippen LogP contribution in [0.2, 0.25) is 0 Å². The van der Waals surface area contributed by atoms with E-state index in [-0.39, 0.29) is 23.4 Å². The molecule has 0 amide bonds. The topological polar surface area (TPSA) is 53.5 Å². The number of hydrogen-bond donors (Lipinski definition) is 1. The lowest BCUT2D eigenvalue weighted by molar-refractivity contribution is -0.152. The molecule has 0 bridgehead atoms. The van der Waals surface area contributed by atoms with Gasteiger partial charge in [-0.2, -0.15) is 0 Å². The van der Waals surface area contributed by atoms with E-state index in [1.165, 1.54) is 12.5 Å². The van der Waals surface area contributed by atoms with E-state index in [0.29, 0.717) is 12.4 Å². The Bertz CT molecular complexity index is 862. The lowest BCUT2D eigenvalue weighted by Gasteiger charge is -2.54. The molecule has 0 radical (unpaired) electrons. The van der Waals surface area contributed by atoms with E-state index in [1.807, 2.05) is 27.7 Å². The fourth-order valence-corrected chi connectivity index (χ4v) is 7.51. The van der Waals surface area contributed by atoms with Crippen LogP contribution in [0.5, 0.6) is 0 Å². The van der Waals surface area contributed by atoms with Crippen LogP contribution in [0.25, 0.3) is 0 Å². The average molecular weight is 545 g/mol. The Hall–Kier alpha value is -0.600. The van der Waals surface area contributed by atoms with Gasteiger partial charge in [0.15, 0.2) is 11.9 Å². The normalized spacial score (nSPS) is 33.6. The first-order valence-electron chi connectivity index (χ1n) is 11.9. The zero-order valence-electron chi connectivity index (χ0n) is 21.0. The smallest absolute Gasteiger partial charge is 0.196 e. The highest BCUT2D eigenvalue weighted by Gasteiger charge is 2.65. The summed E-state index contributed by atoms with van der Waals surface area (Å²) in [5, 5.41) is 0. The minimum absolute atomic E-state index is 0.114. The minimum Gasteiger partial charge on any atom is -0.598 e. The summed E-state index contributed by atoms with van der Waals surface area (Å²) in [4.78, 5) is 0. The van der Waals surface area contributed by atoms with Crippen LogP contribution in [0, 0.1) is 17.3 Å². The van der Waals surface area contributed by atoms with Crippen molar-refractivity contribution in [3.05, 3.63) is 46.1 Å². The van der Waals surface area contributed by atoms with Gasteiger partial charge in [-0.25, -0.2) is 4.39 Å². The quantitative estimate of drug-likeness (QED) is 0.312. The highest BCUT2D eigenvalue weighted by Crippen LogP contribution is 2.63. The highest BCUT2D eigenvalue weighted by atomic mass is 79.9. The summed E-state index contributed by atoms with van der Waals surface area (Å²) in [6, 6.07) is 6.31. The number of ether oxygens (including phenoxy) is 2. The Labute approximate surface area is 210 Å². The van der Waals surface area contributed by atoms with Crippen molar-refractivity contribution >= 4 is 27.3 Å². The molecule has 0 heterocycles. The van der Waals surface area contributed by atoms with Crippen molar-refractivity contribution in [3.8, 4) is 0 Å². The van der Waals surface area contributed by atoms with Crippen LogP contribution in [0.3, 0.4) is 0 Å². The molecule has 1 saturated carbocycles. The second-order valence-corrected chi connectivity index (χ2v) is 13.7. The third-order valence-corrected chi connectivity index (χ3v) is 9.33. The van der Waals surface area contributed by atoms with Gasteiger partial charge in [0.25, 0.3) is 0 Å². The molecule has 186 valence electrons. The predicted molar refractivity (Wildman–Crippen MR) is 137 cm³/mol. The Morgan fingerprint density at radius 3 is 2.45 bits per heavy atom. The molecule has 0 saturated heterocycles. The zero-order chi connectivity index (χ0) is 24.8. The van der Waals surface area contributed by atoms with Crippen LogP contribution in [0.1, 0.15) is 72.4 Å². The molecule has 2 aliphatic rings.